The fourth-order valence-electron chi connectivity index (χ4n) is 1.85. The standard InChI is InChI=1S/C15H19NO/c1-13-9-11-17-15(13)12-16-10-5-8-14-6-3-2-4-7-14/h2-4,6-7,9,11,16H,5,8,10,12H2,1H3. The largest absolute Gasteiger partial charge is 0.468 e. The minimum Gasteiger partial charge on any atom is -0.468 e. The highest BCUT2D eigenvalue weighted by Crippen LogP contribution is 2.08. The molecule has 2 nitrogen and oxygen atoms in total. The Bertz CT molecular complexity index is 433. The quantitative estimate of drug-likeness (QED) is 0.769. The molecule has 0 amide bonds. The van der Waals surface area contributed by atoms with Crippen LogP contribution in [-0.2, 0) is 13.0 Å². The maximum absolute atomic E-state index is 5.37. The summed E-state index contributed by atoms with van der Waals surface area (Å²) >= 11 is 0. The second-order valence-electron chi connectivity index (χ2n) is 4.29. The van der Waals surface area contributed by atoms with Crippen LogP contribution in [0.5, 0.6) is 0 Å². The fourth-order valence-corrected chi connectivity index (χ4v) is 1.85. The molecule has 0 atom stereocenters. The van der Waals surface area contributed by atoms with Crippen LogP contribution in [0.4, 0.5) is 0 Å². The van der Waals surface area contributed by atoms with E-state index in [1.54, 1.807) is 6.26 Å². The van der Waals surface area contributed by atoms with E-state index in [9.17, 15) is 0 Å². The van der Waals surface area contributed by atoms with E-state index in [2.05, 4.69) is 42.6 Å². The number of benzene rings is 1. The summed E-state index contributed by atoms with van der Waals surface area (Å²) < 4.78 is 5.37. The molecule has 0 aliphatic heterocycles. The molecule has 1 N–H and O–H groups in total. The van der Waals surface area contributed by atoms with Gasteiger partial charge in [-0.1, -0.05) is 30.3 Å². The monoisotopic (exact) mass is 229 g/mol. The predicted molar refractivity (Wildman–Crippen MR) is 69.9 cm³/mol. The first-order chi connectivity index (χ1) is 8.36. The molecule has 0 unspecified atom stereocenters. The van der Waals surface area contributed by atoms with Crippen molar-refractivity contribution in [2.75, 3.05) is 6.54 Å². The summed E-state index contributed by atoms with van der Waals surface area (Å²) in [5.74, 6) is 1.05. The lowest BCUT2D eigenvalue weighted by atomic mass is 10.1. The summed E-state index contributed by atoms with van der Waals surface area (Å²) in [6, 6.07) is 12.6. The van der Waals surface area contributed by atoms with E-state index in [4.69, 9.17) is 4.42 Å². The number of aryl methyl sites for hydroxylation is 2. The minimum absolute atomic E-state index is 0.827. The molecule has 1 aromatic carbocycles. The van der Waals surface area contributed by atoms with Crippen LogP contribution >= 0.6 is 0 Å². The molecule has 0 fully saturated rings. The normalized spacial score (nSPS) is 10.6. The van der Waals surface area contributed by atoms with Crippen molar-refractivity contribution in [1.82, 2.24) is 5.32 Å². The van der Waals surface area contributed by atoms with Crippen LogP contribution in [0.2, 0.25) is 0 Å². The minimum atomic E-state index is 0.827. The van der Waals surface area contributed by atoms with E-state index in [1.807, 2.05) is 6.07 Å². The van der Waals surface area contributed by atoms with Gasteiger partial charge in [0.1, 0.15) is 5.76 Å². The number of rotatable bonds is 6. The van der Waals surface area contributed by atoms with E-state index in [1.165, 1.54) is 11.1 Å². The molecule has 90 valence electrons. The Morgan fingerprint density at radius 2 is 1.94 bits per heavy atom. The van der Waals surface area contributed by atoms with Gasteiger partial charge in [-0.2, -0.15) is 0 Å². The van der Waals surface area contributed by atoms with Gasteiger partial charge in [-0.15, -0.1) is 0 Å². The number of hydrogen-bond acceptors (Lipinski definition) is 2. The number of hydrogen-bond donors (Lipinski definition) is 1. The van der Waals surface area contributed by atoms with Crippen molar-refractivity contribution in [3.05, 3.63) is 59.5 Å². The van der Waals surface area contributed by atoms with Gasteiger partial charge in [-0.05, 0) is 43.5 Å². The Balaban J connectivity index is 1.63. The fraction of sp³-hybridized carbons (Fsp3) is 0.333. The third-order valence-corrected chi connectivity index (χ3v) is 2.92. The summed E-state index contributed by atoms with van der Waals surface area (Å²) in [5.41, 5.74) is 2.63. The van der Waals surface area contributed by atoms with Crippen molar-refractivity contribution >= 4 is 0 Å². The first kappa shape index (κ1) is 11.9. The van der Waals surface area contributed by atoms with Crippen molar-refractivity contribution in [2.24, 2.45) is 0 Å². The Labute approximate surface area is 103 Å². The van der Waals surface area contributed by atoms with Gasteiger partial charge in [0.25, 0.3) is 0 Å². The molecule has 17 heavy (non-hydrogen) atoms. The molecular weight excluding hydrogens is 210 g/mol. The van der Waals surface area contributed by atoms with Gasteiger partial charge in [-0.25, -0.2) is 0 Å². The Morgan fingerprint density at radius 1 is 1.12 bits per heavy atom. The van der Waals surface area contributed by atoms with Gasteiger partial charge in [0.15, 0.2) is 0 Å². The Hall–Kier alpha value is -1.54. The maximum Gasteiger partial charge on any atom is 0.120 e. The van der Waals surface area contributed by atoms with Crippen molar-refractivity contribution < 1.29 is 4.42 Å². The zero-order chi connectivity index (χ0) is 11.9. The zero-order valence-electron chi connectivity index (χ0n) is 10.3. The highest BCUT2D eigenvalue weighted by Gasteiger charge is 2.00. The van der Waals surface area contributed by atoms with Crippen molar-refractivity contribution in [3.63, 3.8) is 0 Å². The lowest BCUT2D eigenvalue weighted by Crippen LogP contribution is -2.15. The lowest BCUT2D eigenvalue weighted by Gasteiger charge is -2.04. The van der Waals surface area contributed by atoms with Crippen LogP contribution in [0.25, 0.3) is 0 Å². The zero-order valence-corrected chi connectivity index (χ0v) is 10.3. The number of furan rings is 1. The van der Waals surface area contributed by atoms with Gasteiger partial charge in [0.2, 0.25) is 0 Å². The van der Waals surface area contributed by atoms with Gasteiger partial charge >= 0.3 is 0 Å². The molecule has 1 heterocycles. The van der Waals surface area contributed by atoms with Crippen LogP contribution in [0.1, 0.15) is 23.3 Å². The van der Waals surface area contributed by atoms with Crippen LogP contribution < -0.4 is 5.32 Å². The van der Waals surface area contributed by atoms with Gasteiger partial charge in [-0.3, -0.25) is 0 Å². The van der Waals surface area contributed by atoms with E-state index >= 15 is 0 Å². The molecule has 0 aliphatic carbocycles. The molecule has 0 aliphatic rings. The van der Waals surface area contributed by atoms with Crippen molar-refractivity contribution in [2.45, 2.75) is 26.3 Å². The molecule has 2 aromatic rings. The summed E-state index contributed by atoms with van der Waals surface area (Å²) in [6.45, 7) is 3.92. The second-order valence-corrected chi connectivity index (χ2v) is 4.29. The van der Waals surface area contributed by atoms with Crippen molar-refractivity contribution in [3.8, 4) is 0 Å². The molecule has 0 bridgehead atoms. The van der Waals surface area contributed by atoms with E-state index in [-0.39, 0.29) is 0 Å². The van der Waals surface area contributed by atoms with Gasteiger partial charge < -0.3 is 9.73 Å². The smallest absolute Gasteiger partial charge is 0.120 e. The lowest BCUT2D eigenvalue weighted by molar-refractivity contribution is 0.478. The predicted octanol–water partition coefficient (Wildman–Crippen LogP) is 3.31. The van der Waals surface area contributed by atoms with Crippen LogP contribution in [0, 0.1) is 6.92 Å². The van der Waals surface area contributed by atoms with E-state index in [0.717, 1.165) is 31.7 Å². The topological polar surface area (TPSA) is 25.2 Å². The molecule has 1 aromatic heterocycles. The molecule has 0 saturated heterocycles. The average Bonchev–Trinajstić information content (AvgIpc) is 2.76. The number of nitrogens with one attached hydrogen (secondary N) is 1. The Morgan fingerprint density at radius 3 is 2.65 bits per heavy atom. The van der Waals surface area contributed by atoms with Gasteiger partial charge in [0, 0.05) is 0 Å². The third kappa shape index (κ3) is 3.75. The van der Waals surface area contributed by atoms with E-state index < -0.39 is 0 Å². The van der Waals surface area contributed by atoms with Crippen molar-refractivity contribution in [1.29, 1.82) is 0 Å². The van der Waals surface area contributed by atoms with Gasteiger partial charge in [0.05, 0.1) is 12.8 Å². The average molecular weight is 229 g/mol. The highest BCUT2D eigenvalue weighted by molar-refractivity contribution is 5.15. The first-order valence-electron chi connectivity index (χ1n) is 6.14. The summed E-state index contributed by atoms with van der Waals surface area (Å²) in [7, 11) is 0. The second kappa shape index (κ2) is 6.26. The van der Waals surface area contributed by atoms with Crippen LogP contribution in [0.3, 0.4) is 0 Å². The molecular formula is C15H19NO. The first-order valence-corrected chi connectivity index (χ1v) is 6.14. The maximum atomic E-state index is 5.37. The SMILES string of the molecule is Cc1ccoc1CNCCCc1ccccc1. The molecule has 0 saturated carbocycles. The molecule has 0 radical (unpaired) electrons. The Kier molecular flexibility index (Phi) is 4.39. The van der Waals surface area contributed by atoms with Crippen LogP contribution in [0.15, 0.2) is 47.1 Å². The third-order valence-electron chi connectivity index (χ3n) is 2.92. The van der Waals surface area contributed by atoms with Crippen LogP contribution in [-0.4, -0.2) is 6.54 Å². The summed E-state index contributed by atoms with van der Waals surface area (Å²) in [6.07, 6.45) is 4.03. The summed E-state index contributed by atoms with van der Waals surface area (Å²) in [4.78, 5) is 0. The van der Waals surface area contributed by atoms with E-state index in [0.29, 0.717) is 0 Å². The highest BCUT2D eigenvalue weighted by atomic mass is 16.3. The molecule has 2 rings (SSSR count). The molecule has 2 heteroatoms. The summed E-state index contributed by atoms with van der Waals surface area (Å²) in [5, 5.41) is 3.41. The molecule has 0 spiro atoms.